The number of carbonyl (C=O) groups excluding carboxylic acids is 1. The van der Waals surface area contributed by atoms with Crippen LogP contribution in [-0.2, 0) is 4.79 Å². The molecule has 3 atom stereocenters. The Morgan fingerprint density at radius 3 is 2.85 bits per heavy atom. The second kappa shape index (κ2) is 3.28. The highest BCUT2D eigenvalue weighted by Gasteiger charge is 2.39. The molecule has 13 heavy (non-hydrogen) atoms. The Morgan fingerprint density at radius 2 is 2.15 bits per heavy atom. The number of hydrogen-bond acceptors (Lipinski definition) is 1. The average molecular weight is 178 g/mol. The molecule has 0 aliphatic heterocycles. The summed E-state index contributed by atoms with van der Waals surface area (Å²) in [4.78, 5) is 11.3. The summed E-state index contributed by atoms with van der Waals surface area (Å²) in [6, 6.07) is 0. The van der Waals surface area contributed by atoms with E-state index in [1.807, 2.05) is 0 Å². The van der Waals surface area contributed by atoms with Crippen molar-refractivity contribution in [1.82, 2.24) is 0 Å². The molecule has 0 bridgehead atoms. The Balaban J connectivity index is 2.16. The minimum atomic E-state index is 0.490. The van der Waals surface area contributed by atoms with Crippen molar-refractivity contribution < 1.29 is 4.79 Å². The van der Waals surface area contributed by atoms with Crippen LogP contribution >= 0.6 is 0 Å². The Hall–Kier alpha value is -0.590. The normalized spacial score (nSPS) is 38.4. The fourth-order valence-corrected chi connectivity index (χ4v) is 2.94. The lowest BCUT2D eigenvalue weighted by Gasteiger charge is -2.31. The largest absolute Gasteiger partial charge is 0.300 e. The van der Waals surface area contributed by atoms with Gasteiger partial charge < -0.3 is 0 Å². The van der Waals surface area contributed by atoms with Gasteiger partial charge in [0.05, 0.1) is 0 Å². The maximum atomic E-state index is 11.3. The highest BCUT2D eigenvalue weighted by atomic mass is 16.1. The van der Waals surface area contributed by atoms with Crippen molar-refractivity contribution in [3.8, 4) is 0 Å². The van der Waals surface area contributed by atoms with E-state index in [0.29, 0.717) is 29.5 Å². The SMILES string of the molecule is CC(C)[C@H]1C=CC[C@@H]2CC(=O)C[C@@H]21. The Labute approximate surface area is 80.2 Å². The van der Waals surface area contributed by atoms with Crippen LogP contribution in [-0.4, -0.2) is 5.78 Å². The summed E-state index contributed by atoms with van der Waals surface area (Å²) in [5, 5.41) is 0. The molecule has 0 unspecified atom stereocenters. The summed E-state index contributed by atoms with van der Waals surface area (Å²) >= 11 is 0. The van der Waals surface area contributed by atoms with E-state index in [1.54, 1.807) is 0 Å². The second-order valence-electron chi connectivity index (χ2n) is 4.86. The smallest absolute Gasteiger partial charge is 0.133 e. The average Bonchev–Trinajstić information content (AvgIpc) is 2.43. The monoisotopic (exact) mass is 178 g/mol. The molecule has 2 rings (SSSR count). The highest BCUT2D eigenvalue weighted by Crippen LogP contribution is 2.43. The number of hydrogen-bond donors (Lipinski definition) is 0. The molecule has 1 heteroatoms. The first kappa shape index (κ1) is 8.98. The van der Waals surface area contributed by atoms with Crippen LogP contribution in [0.5, 0.6) is 0 Å². The van der Waals surface area contributed by atoms with Crippen LogP contribution in [0, 0.1) is 23.7 Å². The predicted octanol–water partition coefficient (Wildman–Crippen LogP) is 2.81. The first-order valence-electron chi connectivity index (χ1n) is 5.37. The van der Waals surface area contributed by atoms with Crippen LogP contribution in [0.1, 0.15) is 33.1 Å². The number of rotatable bonds is 1. The summed E-state index contributed by atoms with van der Waals surface area (Å²) in [5.41, 5.74) is 0. The number of allylic oxidation sites excluding steroid dienone is 2. The molecule has 0 aromatic carbocycles. The molecule has 72 valence electrons. The molecule has 0 radical (unpaired) electrons. The van der Waals surface area contributed by atoms with Gasteiger partial charge in [0.1, 0.15) is 5.78 Å². The van der Waals surface area contributed by atoms with Crippen molar-refractivity contribution in [1.29, 1.82) is 0 Å². The van der Waals surface area contributed by atoms with Crippen molar-refractivity contribution in [2.75, 3.05) is 0 Å². The highest BCUT2D eigenvalue weighted by molar-refractivity contribution is 5.81. The summed E-state index contributed by atoms with van der Waals surface area (Å²) in [6.45, 7) is 4.53. The third-order valence-corrected chi connectivity index (χ3v) is 3.62. The van der Waals surface area contributed by atoms with Crippen LogP contribution in [0.4, 0.5) is 0 Å². The quantitative estimate of drug-likeness (QED) is 0.564. The van der Waals surface area contributed by atoms with Gasteiger partial charge in [-0.15, -0.1) is 0 Å². The summed E-state index contributed by atoms with van der Waals surface area (Å²) < 4.78 is 0. The summed E-state index contributed by atoms with van der Waals surface area (Å²) in [6.07, 6.45) is 7.45. The lowest BCUT2D eigenvalue weighted by molar-refractivity contribution is -0.117. The van der Waals surface area contributed by atoms with E-state index >= 15 is 0 Å². The molecule has 1 fully saturated rings. The third kappa shape index (κ3) is 1.56. The molecule has 0 aromatic rings. The molecule has 1 saturated carbocycles. The first-order valence-corrected chi connectivity index (χ1v) is 5.37. The Kier molecular flexibility index (Phi) is 2.27. The van der Waals surface area contributed by atoms with Crippen LogP contribution < -0.4 is 0 Å². The van der Waals surface area contributed by atoms with Gasteiger partial charge >= 0.3 is 0 Å². The second-order valence-corrected chi connectivity index (χ2v) is 4.86. The van der Waals surface area contributed by atoms with Crippen molar-refractivity contribution in [2.24, 2.45) is 23.7 Å². The number of ketones is 1. The molecule has 2 aliphatic carbocycles. The molecule has 0 saturated heterocycles. The van der Waals surface area contributed by atoms with E-state index in [9.17, 15) is 4.79 Å². The number of fused-ring (bicyclic) bond motifs is 1. The molecule has 0 amide bonds. The molecule has 0 heterocycles. The van der Waals surface area contributed by atoms with Gasteiger partial charge in [-0.2, -0.15) is 0 Å². The minimum absolute atomic E-state index is 0.490. The minimum Gasteiger partial charge on any atom is -0.300 e. The van der Waals surface area contributed by atoms with Gasteiger partial charge in [0.25, 0.3) is 0 Å². The van der Waals surface area contributed by atoms with Gasteiger partial charge in [-0.1, -0.05) is 26.0 Å². The fourth-order valence-electron chi connectivity index (χ4n) is 2.94. The van der Waals surface area contributed by atoms with Crippen LogP contribution in [0.25, 0.3) is 0 Å². The zero-order valence-corrected chi connectivity index (χ0v) is 8.49. The van der Waals surface area contributed by atoms with E-state index in [4.69, 9.17) is 0 Å². The third-order valence-electron chi connectivity index (χ3n) is 3.62. The maximum absolute atomic E-state index is 11.3. The summed E-state index contributed by atoms with van der Waals surface area (Å²) in [7, 11) is 0. The standard InChI is InChI=1S/C12H18O/c1-8(2)11-5-3-4-9-6-10(13)7-12(9)11/h3,5,8-9,11-12H,4,6-7H2,1-2H3/t9-,11-,12+/m1/s1. The molecule has 0 spiro atoms. The molecule has 1 nitrogen and oxygen atoms in total. The number of carbonyl (C=O) groups is 1. The zero-order valence-electron chi connectivity index (χ0n) is 8.49. The van der Waals surface area contributed by atoms with Gasteiger partial charge in [-0.25, -0.2) is 0 Å². The summed E-state index contributed by atoms with van der Waals surface area (Å²) in [5.74, 6) is 3.17. The zero-order chi connectivity index (χ0) is 9.42. The van der Waals surface area contributed by atoms with Gasteiger partial charge in [0, 0.05) is 12.8 Å². The van der Waals surface area contributed by atoms with Crippen LogP contribution in [0.2, 0.25) is 0 Å². The van der Waals surface area contributed by atoms with Crippen molar-refractivity contribution in [2.45, 2.75) is 33.1 Å². The number of Topliss-reactive ketones (excluding diaryl/α,β-unsaturated/α-hetero) is 1. The molecular weight excluding hydrogens is 160 g/mol. The molecule has 0 N–H and O–H groups in total. The lowest BCUT2D eigenvalue weighted by Crippen LogP contribution is -2.24. The lowest BCUT2D eigenvalue weighted by atomic mass is 9.73. The van der Waals surface area contributed by atoms with Crippen molar-refractivity contribution in [3.63, 3.8) is 0 Å². The van der Waals surface area contributed by atoms with Gasteiger partial charge in [-0.3, -0.25) is 4.79 Å². The van der Waals surface area contributed by atoms with E-state index in [1.165, 1.54) is 0 Å². The van der Waals surface area contributed by atoms with Gasteiger partial charge in [0.2, 0.25) is 0 Å². The predicted molar refractivity (Wildman–Crippen MR) is 53.3 cm³/mol. The Morgan fingerprint density at radius 1 is 1.38 bits per heavy atom. The van der Waals surface area contributed by atoms with Gasteiger partial charge in [0.15, 0.2) is 0 Å². The molecule has 2 aliphatic rings. The first-order chi connectivity index (χ1) is 6.18. The topological polar surface area (TPSA) is 17.1 Å². The van der Waals surface area contributed by atoms with Crippen LogP contribution in [0.3, 0.4) is 0 Å². The maximum Gasteiger partial charge on any atom is 0.133 e. The van der Waals surface area contributed by atoms with E-state index < -0.39 is 0 Å². The molecular formula is C12H18O. The fraction of sp³-hybridized carbons (Fsp3) is 0.750. The Bertz CT molecular complexity index is 240. The van der Waals surface area contributed by atoms with Crippen molar-refractivity contribution >= 4 is 5.78 Å². The molecule has 0 aromatic heterocycles. The van der Waals surface area contributed by atoms with Crippen LogP contribution in [0.15, 0.2) is 12.2 Å². The van der Waals surface area contributed by atoms with E-state index in [0.717, 1.165) is 19.3 Å². The van der Waals surface area contributed by atoms with Crippen molar-refractivity contribution in [3.05, 3.63) is 12.2 Å². The van der Waals surface area contributed by atoms with E-state index in [2.05, 4.69) is 26.0 Å². The van der Waals surface area contributed by atoms with Gasteiger partial charge in [-0.05, 0) is 30.1 Å². The van der Waals surface area contributed by atoms with E-state index in [-0.39, 0.29) is 0 Å².